The van der Waals surface area contributed by atoms with E-state index in [-0.39, 0.29) is 5.41 Å². The summed E-state index contributed by atoms with van der Waals surface area (Å²) >= 11 is 0. The average molecular weight is 199 g/mol. The van der Waals surface area contributed by atoms with Crippen LogP contribution in [0.1, 0.15) is 47.0 Å². The first-order chi connectivity index (χ1) is 6.67. The fourth-order valence-corrected chi connectivity index (χ4v) is 1.79. The summed E-state index contributed by atoms with van der Waals surface area (Å²) in [6.45, 7) is 11.6. The van der Waals surface area contributed by atoms with Crippen LogP contribution >= 0.6 is 0 Å². The van der Waals surface area contributed by atoms with Crippen LogP contribution in [0.15, 0.2) is 0 Å². The first-order valence-corrected chi connectivity index (χ1v) is 5.86. The Morgan fingerprint density at radius 1 is 1.14 bits per heavy atom. The topological polar surface area (TPSA) is 20.3 Å². The zero-order chi connectivity index (χ0) is 11.0. The van der Waals surface area contributed by atoms with Crippen molar-refractivity contribution in [2.75, 3.05) is 19.6 Å². The Morgan fingerprint density at radius 3 is 2.00 bits per heavy atom. The molecule has 84 valence electrons. The van der Waals surface area contributed by atoms with Crippen LogP contribution in [0, 0.1) is 5.41 Å². The third-order valence-electron chi connectivity index (χ3n) is 3.18. The van der Waals surface area contributed by atoms with Gasteiger partial charge in [0.15, 0.2) is 0 Å². The van der Waals surface area contributed by atoms with E-state index in [1.165, 1.54) is 0 Å². The molecule has 0 aliphatic heterocycles. The van der Waals surface area contributed by atoms with E-state index in [9.17, 15) is 4.79 Å². The average Bonchev–Trinajstić information content (AvgIpc) is 2.25. The number of rotatable bonds is 8. The lowest BCUT2D eigenvalue weighted by Gasteiger charge is -2.32. The Hall–Kier alpha value is -0.370. The zero-order valence-electron chi connectivity index (χ0n) is 10.2. The quantitative estimate of drug-likeness (QED) is 0.560. The minimum absolute atomic E-state index is 0.106. The SMILES string of the molecule is CCCN(CC)CC(C=O)(CC)CC. The monoisotopic (exact) mass is 199 g/mol. The van der Waals surface area contributed by atoms with Gasteiger partial charge in [-0.25, -0.2) is 0 Å². The summed E-state index contributed by atoms with van der Waals surface area (Å²) in [6, 6.07) is 0. The maximum absolute atomic E-state index is 11.1. The van der Waals surface area contributed by atoms with Crippen LogP contribution in [-0.2, 0) is 4.79 Å². The molecule has 0 aliphatic rings. The van der Waals surface area contributed by atoms with Crippen molar-refractivity contribution in [3.8, 4) is 0 Å². The van der Waals surface area contributed by atoms with Crippen molar-refractivity contribution in [3.63, 3.8) is 0 Å². The van der Waals surface area contributed by atoms with E-state index in [1.807, 2.05) is 0 Å². The highest BCUT2D eigenvalue weighted by atomic mass is 16.1. The van der Waals surface area contributed by atoms with Gasteiger partial charge < -0.3 is 9.69 Å². The largest absolute Gasteiger partial charge is 0.303 e. The van der Waals surface area contributed by atoms with Gasteiger partial charge in [0, 0.05) is 12.0 Å². The molecule has 0 spiro atoms. The summed E-state index contributed by atoms with van der Waals surface area (Å²) in [6.07, 6.45) is 4.22. The van der Waals surface area contributed by atoms with Crippen LogP contribution < -0.4 is 0 Å². The number of carbonyl (C=O) groups is 1. The third kappa shape index (κ3) is 3.79. The second-order valence-electron chi connectivity index (χ2n) is 4.06. The molecule has 0 rings (SSSR count). The lowest BCUT2D eigenvalue weighted by atomic mass is 9.83. The van der Waals surface area contributed by atoms with Crippen LogP contribution in [0.3, 0.4) is 0 Å². The molecule has 0 unspecified atom stereocenters. The van der Waals surface area contributed by atoms with E-state index in [2.05, 4.69) is 32.6 Å². The van der Waals surface area contributed by atoms with E-state index in [4.69, 9.17) is 0 Å². The smallest absolute Gasteiger partial charge is 0.127 e. The van der Waals surface area contributed by atoms with Crippen molar-refractivity contribution in [1.82, 2.24) is 4.90 Å². The van der Waals surface area contributed by atoms with E-state index >= 15 is 0 Å². The minimum Gasteiger partial charge on any atom is -0.303 e. The Kier molecular flexibility index (Phi) is 6.81. The van der Waals surface area contributed by atoms with Crippen LogP contribution in [0.4, 0.5) is 0 Å². The second-order valence-corrected chi connectivity index (χ2v) is 4.06. The lowest BCUT2D eigenvalue weighted by molar-refractivity contribution is -0.117. The van der Waals surface area contributed by atoms with Gasteiger partial charge in [-0.2, -0.15) is 0 Å². The van der Waals surface area contributed by atoms with Gasteiger partial charge in [-0.15, -0.1) is 0 Å². The highest BCUT2D eigenvalue weighted by molar-refractivity contribution is 5.59. The molecule has 2 heteroatoms. The number of aldehydes is 1. The van der Waals surface area contributed by atoms with Gasteiger partial charge in [0.2, 0.25) is 0 Å². The van der Waals surface area contributed by atoms with Gasteiger partial charge in [0.25, 0.3) is 0 Å². The van der Waals surface area contributed by atoms with Gasteiger partial charge >= 0.3 is 0 Å². The molecule has 0 aromatic rings. The molecule has 0 saturated heterocycles. The zero-order valence-corrected chi connectivity index (χ0v) is 10.2. The molecule has 0 bridgehead atoms. The summed E-state index contributed by atoms with van der Waals surface area (Å²) in [5.74, 6) is 0. The molecule has 0 heterocycles. The number of hydrogen-bond donors (Lipinski definition) is 0. The fraction of sp³-hybridized carbons (Fsp3) is 0.917. The molecule has 0 saturated carbocycles. The first-order valence-electron chi connectivity index (χ1n) is 5.86. The maximum Gasteiger partial charge on any atom is 0.127 e. The fourth-order valence-electron chi connectivity index (χ4n) is 1.79. The second kappa shape index (κ2) is 6.99. The summed E-state index contributed by atoms with van der Waals surface area (Å²) in [7, 11) is 0. The molecule has 14 heavy (non-hydrogen) atoms. The van der Waals surface area contributed by atoms with Crippen molar-refractivity contribution < 1.29 is 4.79 Å². The van der Waals surface area contributed by atoms with Crippen molar-refractivity contribution in [3.05, 3.63) is 0 Å². The van der Waals surface area contributed by atoms with Gasteiger partial charge in [0.05, 0.1) is 0 Å². The highest BCUT2D eigenvalue weighted by Gasteiger charge is 2.27. The molecule has 0 N–H and O–H groups in total. The van der Waals surface area contributed by atoms with Crippen molar-refractivity contribution in [1.29, 1.82) is 0 Å². The van der Waals surface area contributed by atoms with Crippen LogP contribution in [0.2, 0.25) is 0 Å². The molecule has 0 fully saturated rings. The molecule has 0 aliphatic carbocycles. The van der Waals surface area contributed by atoms with Gasteiger partial charge in [-0.3, -0.25) is 0 Å². The van der Waals surface area contributed by atoms with Crippen LogP contribution in [-0.4, -0.2) is 30.8 Å². The number of carbonyl (C=O) groups excluding carboxylic acids is 1. The minimum atomic E-state index is -0.106. The van der Waals surface area contributed by atoms with E-state index in [1.54, 1.807) is 0 Å². The standard InChI is InChI=1S/C12H25NO/c1-5-9-13(8-4)10-12(6-2,7-3)11-14/h11H,5-10H2,1-4H3. The van der Waals surface area contributed by atoms with Crippen molar-refractivity contribution in [2.45, 2.75) is 47.0 Å². The summed E-state index contributed by atoms with van der Waals surface area (Å²) in [5, 5.41) is 0. The lowest BCUT2D eigenvalue weighted by Crippen LogP contribution is -2.38. The predicted molar refractivity (Wildman–Crippen MR) is 61.5 cm³/mol. The Morgan fingerprint density at radius 2 is 1.71 bits per heavy atom. The molecular weight excluding hydrogens is 174 g/mol. The van der Waals surface area contributed by atoms with Gasteiger partial charge in [-0.1, -0.05) is 27.7 Å². The van der Waals surface area contributed by atoms with Gasteiger partial charge in [0.1, 0.15) is 6.29 Å². The molecular formula is C12H25NO. The van der Waals surface area contributed by atoms with Gasteiger partial charge in [-0.05, 0) is 32.4 Å². The van der Waals surface area contributed by atoms with E-state index in [0.29, 0.717) is 0 Å². The summed E-state index contributed by atoms with van der Waals surface area (Å²) in [4.78, 5) is 13.5. The predicted octanol–water partition coefficient (Wildman–Crippen LogP) is 2.72. The molecule has 0 radical (unpaired) electrons. The molecule has 0 aromatic heterocycles. The van der Waals surface area contributed by atoms with Crippen molar-refractivity contribution >= 4 is 6.29 Å². The van der Waals surface area contributed by atoms with E-state index < -0.39 is 0 Å². The molecule has 0 atom stereocenters. The first kappa shape index (κ1) is 13.6. The summed E-state index contributed by atoms with van der Waals surface area (Å²) < 4.78 is 0. The van der Waals surface area contributed by atoms with Crippen LogP contribution in [0.5, 0.6) is 0 Å². The Balaban J connectivity index is 4.31. The van der Waals surface area contributed by atoms with Crippen molar-refractivity contribution in [2.24, 2.45) is 5.41 Å². The molecule has 0 aromatic carbocycles. The Labute approximate surface area is 88.7 Å². The highest BCUT2D eigenvalue weighted by Crippen LogP contribution is 2.24. The number of nitrogens with zero attached hydrogens (tertiary/aromatic N) is 1. The molecule has 0 amide bonds. The summed E-state index contributed by atoms with van der Waals surface area (Å²) in [5.41, 5.74) is -0.106. The third-order valence-corrected chi connectivity index (χ3v) is 3.18. The Bertz CT molecular complexity index is 152. The maximum atomic E-state index is 11.1. The number of hydrogen-bond acceptors (Lipinski definition) is 2. The van der Waals surface area contributed by atoms with Crippen LogP contribution in [0.25, 0.3) is 0 Å². The molecule has 2 nitrogen and oxygen atoms in total. The van der Waals surface area contributed by atoms with E-state index in [0.717, 1.165) is 45.2 Å². The normalized spacial score (nSPS) is 12.1.